The lowest BCUT2D eigenvalue weighted by Gasteiger charge is -2.27. The molecule has 4 aromatic heterocycles. The second-order valence-corrected chi connectivity index (χ2v) is 16.7. The number of aryl methyl sites for hydroxylation is 1. The number of nitrogens with one attached hydrogen (secondary N) is 2. The fourth-order valence-electron chi connectivity index (χ4n) is 7.12. The van der Waals surface area contributed by atoms with Crippen LogP contribution in [0.5, 0.6) is 0 Å². The predicted molar refractivity (Wildman–Crippen MR) is 199 cm³/mol. The molecule has 4 aromatic rings. The van der Waals surface area contributed by atoms with Crippen LogP contribution in [-0.4, -0.2) is 141 Å². The second kappa shape index (κ2) is 17.8. The van der Waals surface area contributed by atoms with E-state index in [1.807, 2.05) is 4.98 Å². The largest absolute Gasteiger partial charge is 0.472 e. The number of nitrogens with two attached hydrogens (primary N) is 1. The molecule has 0 amide bonds. The Labute approximate surface area is 340 Å². The van der Waals surface area contributed by atoms with Gasteiger partial charge in [0.05, 0.1) is 32.3 Å². The van der Waals surface area contributed by atoms with Crippen LogP contribution in [-0.2, 0) is 50.9 Å². The van der Waals surface area contributed by atoms with E-state index in [4.69, 9.17) is 47.5 Å². The third-order valence-corrected chi connectivity index (χ3v) is 12.0. The van der Waals surface area contributed by atoms with E-state index in [1.54, 1.807) is 0 Å². The lowest BCUT2D eigenvalue weighted by atomic mass is 10.1. The molecular formula is C31H41N9O19P2. The molecule has 2 unspecified atom stereocenters. The number of imidazole rings is 1. The molecule has 8 N–H and O–H groups in total. The zero-order valence-corrected chi connectivity index (χ0v) is 33.9. The number of aliphatic hydroxyl groups is 2. The maximum absolute atomic E-state index is 13.6. The van der Waals surface area contributed by atoms with Crippen molar-refractivity contribution in [2.45, 2.75) is 80.9 Å². The predicted octanol–water partition coefficient (Wildman–Crippen LogP) is -2.71. The monoisotopic (exact) mass is 905 g/mol. The number of nitrogens with zero attached hydrogens (tertiary/aromatic N) is 6. The van der Waals surface area contributed by atoms with Gasteiger partial charge in [0.2, 0.25) is 0 Å². The van der Waals surface area contributed by atoms with Gasteiger partial charge in [-0.3, -0.25) is 51.4 Å². The van der Waals surface area contributed by atoms with E-state index >= 15 is 0 Å². The van der Waals surface area contributed by atoms with Crippen LogP contribution in [0.25, 0.3) is 11.2 Å². The van der Waals surface area contributed by atoms with Crippen LogP contribution in [0.15, 0.2) is 50.3 Å². The summed E-state index contributed by atoms with van der Waals surface area (Å²) in [6, 6.07) is 1.02. The van der Waals surface area contributed by atoms with Gasteiger partial charge in [-0.25, -0.2) is 33.7 Å². The van der Waals surface area contributed by atoms with Gasteiger partial charge in [0.25, 0.3) is 11.1 Å². The zero-order chi connectivity index (χ0) is 44.0. The van der Waals surface area contributed by atoms with Crippen LogP contribution in [0.4, 0.5) is 5.82 Å². The number of hydrogen-bond donors (Lipinski definition) is 7. The van der Waals surface area contributed by atoms with Crippen molar-refractivity contribution in [1.82, 2.24) is 38.6 Å². The molecule has 3 fully saturated rings. The third kappa shape index (κ3) is 9.24. The number of methoxy groups -OCH3 is 2. The highest BCUT2D eigenvalue weighted by molar-refractivity contribution is 7.47. The standard InChI is InChI=1S/C31H41N9O19P2/c1-13-7-39(31(46)37-27(13)44)19-6-14(42)16(55-19)9-53-60(47,48)59-22-17(57-29(24(22)52-3)40-12-35-20-25(32)33-11-34-26(20)40)10-54-61(49,50)58-21-15(8-41)56-28(23(21)51-2)38-5-4-18(43)36-30(38)45/h4-5,7,11-12,14-17,19,21-24,28-29,41-42H,6,8-10H2,1-3H3,(H,47,48)(H,49,50)(H2,32,33,34)(H,36,43,45)(H,37,44,46)/t14-,15+,16+,17+,19+,21+,22+,23+,24+,28+,29+/m0/s1. The number of anilines is 1. The Bertz CT molecular complexity index is 2570. The Morgan fingerprint density at radius 1 is 0.836 bits per heavy atom. The minimum Gasteiger partial charge on any atom is -0.394 e. The molecular weight excluding hydrogens is 864 g/mol. The summed E-state index contributed by atoms with van der Waals surface area (Å²) in [7, 11) is -8.06. The number of rotatable bonds is 16. The highest BCUT2D eigenvalue weighted by Crippen LogP contribution is 2.52. The average Bonchev–Trinajstić information content (AvgIpc) is 3.97. The van der Waals surface area contributed by atoms with Gasteiger partial charge in [-0.1, -0.05) is 0 Å². The quantitative estimate of drug-likeness (QED) is 0.0562. The number of aromatic amines is 2. The van der Waals surface area contributed by atoms with Crippen LogP contribution in [0.2, 0.25) is 0 Å². The Morgan fingerprint density at radius 3 is 2.08 bits per heavy atom. The number of ether oxygens (including phenoxy) is 5. The van der Waals surface area contributed by atoms with E-state index in [-0.39, 0.29) is 29.0 Å². The highest BCUT2D eigenvalue weighted by atomic mass is 31.2. The van der Waals surface area contributed by atoms with Crippen molar-refractivity contribution in [3.8, 4) is 0 Å². The summed E-state index contributed by atoms with van der Waals surface area (Å²) in [5, 5.41) is 20.7. The molecule has 0 bridgehead atoms. The summed E-state index contributed by atoms with van der Waals surface area (Å²) in [6.07, 6.45) is -10.5. The minimum absolute atomic E-state index is 0.00764. The van der Waals surface area contributed by atoms with E-state index in [1.165, 1.54) is 38.2 Å². The molecule has 0 aliphatic carbocycles. The van der Waals surface area contributed by atoms with Gasteiger partial charge in [-0.05, 0) is 6.92 Å². The van der Waals surface area contributed by atoms with Gasteiger partial charge in [0.1, 0.15) is 60.8 Å². The van der Waals surface area contributed by atoms with Crippen molar-refractivity contribution in [3.05, 3.63) is 78.4 Å². The Kier molecular flexibility index (Phi) is 13.0. The topological polar surface area (TPSA) is 377 Å². The number of phosphoric ester groups is 2. The van der Waals surface area contributed by atoms with Crippen molar-refractivity contribution in [2.75, 3.05) is 39.8 Å². The first kappa shape index (κ1) is 44.7. The zero-order valence-electron chi connectivity index (χ0n) is 32.1. The molecule has 13 atom stereocenters. The molecule has 3 aliphatic rings. The van der Waals surface area contributed by atoms with Gasteiger partial charge < -0.3 is 49.4 Å². The second-order valence-electron chi connectivity index (χ2n) is 13.9. The lowest BCUT2D eigenvalue weighted by Crippen LogP contribution is -2.40. The van der Waals surface area contributed by atoms with Crippen LogP contribution in [0.1, 0.15) is 30.7 Å². The number of H-pyrrole nitrogens is 2. The van der Waals surface area contributed by atoms with E-state index in [0.717, 1.165) is 27.7 Å². The molecule has 7 heterocycles. The van der Waals surface area contributed by atoms with Crippen molar-refractivity contribution in [1.29, 1.82) is 0 Å². The molecule has 0 saturated carbocycles. The Hall–Kier alpha value is -4.35. The van der Waals surface area contributed by atoms with Gasteiger partial charge in [0, 0.05) is 44.7 Å². The smallest absolute Gasteiger partial charge is 0.394 e. The first-order chi connectivity index (χ1) is 28.9. The molecule has 3 saturated heterocycles. The fraction of sp³-hybridized carbons (Fsp3) is 0.581. The third-order valence-electron chi connectivity index (χ3n) is 10.1. The number of nitrogen functional groups attached to an aromatic ring is 1. The first-order valence-corrected chi connectivity index (χ1v) is 21.1. The Morgan fingerprint density at radius 2 is 1.44 bits per heavy atom. The number of phosphoric acid groups is 2. The van der Waals surface area contributed by atoms with E-state index in [0.29, 0.717) is 0 Å². The van der Waals surface area contributed by atoms with Gasteiger partial charge in [-0.2, -0.15) is 0 Å². The van der Waals surface area contributed by atoms with E-state index in [2.05, 4.69) is 19.9 Å². The summed E-state index contributed by atoms with van der Waals surface area (Å²) in [6.45, 7) is -0.983. The van der Waals surface area contributed by atoms with Crippen molar-refractivity contribution >= 4 is 32.6 Å². The van der Waals surface area contributed by atoms with Gasteiger partial charge >= 0.3 is 27.0 Å². The summed E-state index contributed by atoms with van der Waals surface area (Å²) in [5.74, 6) is 0.00764. The van der Waals surface area contributed by atoms with Crippen molar-refractivity contribution in [3.63, 3.8) is 0 Å². The number of aliphatic hydroxyl groups excluding tert-OH is 2. The fourth-order valence-corrected chi connectivity index (χ4v) is 9.04. The van der Waals surface area contributed by atoms with Crippen LogP contribution >= 0.6 is 15.6 Å². The summed E-state index contributed by atoms with van der Waals surface area (Å²) >= 11 is 0. The Balaban J connectivity index is 1.09. The molecule has 334 valence electrons. The maximum Gasteiger partial charge on any atom is 0.472 e. The molecule has 3 aliphatic heterocycles. The summed E-state index contributed by atoms with van der Waals surface area (Å²) in [5.41, 5.74) is 3.39. The van der Waals surface area contributed by atoms with Crippen LogP contribution < -0.4 is 28.2 Å². The van der Waals surface area contributed by atoms with Crippen molar-refractivity contribution < 1.29 is 70.9 Å². The van der Waals surface area contributed by atoms with E-state index < -0.39 is 125 Å². The highest BCUT2D eigenvalue weighted by Gasteiger charge is 2.53. The number of aromatic nitrogens is 8. The maximum atomic E-state index is 13.6. The summed E-state index contributed by atoms with van der Waals surface area (Å²) in [4.78, 5) is 86.8. The molecule has 0 aromatic carbocycles. The molecule has 61 heavy (non-hydrogen) atoms. The van der Waals surface area contributed by atoms with E-state index in [9.17, 15) is 48.3 Å². The van der Waals surface area contributed by atoms with Gasteiger partial charge in [-0.15, -0.1) is 0 Å². The minimum atomic E-state index is -5.24. The number of fused-ring (bicyclic) bond motifs is 1. The molecule has 0 spiro atoms. The SMILES string of the molecule is CO[C@@H]1[C@H](OP(=O)(O)OC[C@H]2O[C@@H](n3cnc4c(N)ncnc43)[C@H](OC)[C@@H]2OP(=O)(O)OC[C@H]2O[C@@H](n3cc(C)c(=O)[nH]c3=O)C[C@@H]2O)[C@@H](CO)O[C@H]1n1ccc(=O)[nH]c1=O. The molecule has 30 heteroatoms. The lowest BCUT2D eigenvalue weighted by molar-refractivity contribution is -0.0631. The van der Waals surface area contributed by atoms with Crippen LogP contribution in [0.3, 0.4) is 0 Å². The molecule has 28 nitrogen and oxygen atoms in total. The van der Waals surface area contributed by atoms with Crippen LogP contribution in [0, 0.1) is 6.92 Å². The summed E-state index contributed by atoms with van der Waals surface area (Å²) < 4.78 is 80.6. The number of hydrogen-bond acceptors (Lipinski definition) is 21. The first-order valence-electron chi connectivity index (χ1n) is 18.1. The van der Waals surface area contributed by atoms with Crippen molar-refractivity contribution in [2.24, 2.45) is 0 Å². The molecule has 7 rings (SSSR count). The average molecular weight is 906 g/mol. The normalized spacial score (nSPS) is 31.1. The molecule has 0 radical (unpaired) electrons. The van der Waals surface area contributed by atoms with Gasteiger partial charge in [0.15, 0.2) is 23.9 Å².